The second-order valence-corrected chi connectivity index (χ2v) is 6.08. The third-order valence-corrected chi connectivity index (χ3v) is 3.88. The molecule has 2 rings (SSSR count). The van der Waals surface area contributed by atoms with Crippen molar-refractivity contribution in [2.45, 2.75) is 38.0 Å². The van der Waals surface area contributed by atoms with Gasteiger partial charge >= 0.3 is 5.97 Å². The van der Waals surface area contributed by atoms with Gasteiger partial charge in [0.15, 0.2) is 12.2 Å². The van der Waals surface area contributed by atoms with E-state index in [1.807, 2.05) is 38.1 Å². The number of aromatic nitrogens is 1. The van der Waals surface area contributed by atoms with Crippen molar-refractivity contribution in [3.05, 3.63) is 24.3 Å². The number of carbonyl (C=O) groups is 2. The lowest BCUT2D eigenvalue weighted by Crippen LogP contribution is -2.35. The van der Waals surface area contributed by atoms with E-state index in [4.69, 9.17) is 9.15 Å². The van der Waals surface area contributed by atoms with Crippen LogP contribution in [0.25, 0.3) is 11.1 Å². The van der Waals surface area contributed by atoms with E-state index < -0.39 is 5.97 Å². The summed E-state index contributed by atoms with van der Waals surface area (Å²) in [5.41, 5.74) is 1.42. The molecule has 0 aliphatic rings. The van der Waals surface area contributed by atoms with E-state index in [9.17, 15) is 9.59 Å². The van der Waals surface area contributed by atoms with Gasteiger partial charge in [-0.1, -0.05) is 37.2 Å². The largest absolute Gasteiger partial charge is 0.455 e. The number of thioether (sulfide) groups is 1. The van der Waals surface area contributed by atoms with Crippen LogP contribution in [0.5, 0.6) is 0 Å². The molecular formula is C16H20N2O4S. The minimum Gasteiger partial charge on any atom is -0.455 e. The van der Waals surface area contributed by atoms with Crippen molar-refractivity contribution in [2.24, 2.45) is 0 Å². The molecule has 1 heterocycles. The molecule has 1 N–H and O–H groups in total. The van der Waals surface area contributed by atoms with Crippen LogP contribution in [-0.2, 0) is 14.3 Å². The number of esters is 1. The normalized spacial score (nSPS) is 12.1. The Morgan fingerprint density at radius 1 is 1.39 bits per heavy atom. The summed E-state index contributed by atoms with van der Waals surface area (Å²) in [6.45, 7) is 3.71. The van der Waals surface area contributed by atoms with Crippen LogP contribution in [0.3, 0.4) is 0 Å². The Labute approximate surface area is 139 Å². The van der Waals surface area contributed by atoms with Crippen LogP contribution in [0.1, 0.15) is 26.7 Å². The van der Waals surface area contributed by atoms with Crippen molar-refractivity contribution in [1.82, 2.24) is 10.3 Å². The molecule has 0 aliphatic heterocycles. The molecule has 6 nitrogen and oxygen atoms in total. The summed E-state index contributed by atoms with van der Waals surface area (Å²) in [5, 5.41) is 3.18. The second kappa shape index (κ2) is 8.57. The minimum absolute atomic E-state index is 0.0462. The minimum atomic E-state index is -0.476. The number of ether oxygens (including phenoxy) is 1. The van der Waals surface area contributed by atoms with Gasteiger partial charge in [0.05, 0.1) is 0 Å². The second-order valence-electron chi connectivity index (χ2n) is 5.15. The number of para-hydroxylation sites is 2. The summed E-state index contributed by atoms with van der Waals surface area (Å²) in [6.07, 6.45) is 1.88. The van der Waals surface area contributed by atoms with Crippen LogP contribution in [-0.4, -0.2) is 35.3 Å². The Kier molecular flexibility index (Phi) is 6.46. The molecule has 7 heteroatoms. The lowest BCUT2D eigenvalue weighted by atomic mass is 10.2. The molecule has 0 spiro atoms. The van der Waals surface area contributed by atoms with Crippen LogP contribution < -0.4 is 5.32 Å². The molecule has 124 valence electrons. The fraction of sp³-hybridized carbons (Fsp3) is 0.438. The van der Waals surface area contributed by atoms with E-state index in [2.05, 4.69) is 10.3 Å². The Balaban J connectivity index is 1.71. The summed E-state index contributed by atoms with van der Waals surface area (Å²) in [7, 11) is 0. The molecule has 2 aromatic rings. The first-order valence-electron chi connectivity index (χ1n) is 7.52. The zero-order valence-corrected chi connectivity index (χ0v) is 14.0. The van der Waals surface area contributed by atoms with Crippen molar-refractivity contribution in [3.8, 4) is 0 Å². The van der Waals surface area contributed by atoms with E-state index in [1.54, 1.807) is 0 Å². The maximum atomic E-state index is 11.7. The first-order valence-corrected chi connectivity index (χ1v) is 8.50. The van der Waals surface area contributed by atoms with Gasteiger partial charge in [-0.3, -0.25) is 9.59 Å². The van der Waals surface area contributed by atoms with Gasteiger partial charge in [-0.15, -0.1) is 0 Å². The topological polar surface area (TPSA) is 81.4 Å². The number of hydrogen-bond donors (Lipinski definition) is 1. The highest BCUT2D eigenvalue weighted by Gasteiger charge is 2.12. The van der Waals surface area contributed by atoms with Gasteiger partial charge in [0.2, 0.25) is 0 Å². The van der Waals surface area contributed by atoms with Crippen LogP contribution >= 0.6 is 11.8 Å². The van der Waals surface area contributed by atoms with Crippen molar-refractivity contribution in [1.29, 1.82) is 0 Å². The summed E-state index contributed by atoms with van der Waals surface area (Å²) in [4.78, 5) is 27.5. The van der Waals surface area contributed by atoms with Crippen molar-refractivity contribution >= 4 is 34.7 Å². The summed E-state index contributed by atoms with van der Waals surface area (Å²) < 4.78 is 10.4. The summed E-state index contributed by atoms with van der Waals surface area (Å²) >= 11 is 1.14. The number of nitrogens with zero attached hydrogens (tertiary/aromatic N) is 1. The van der Waals surface area contributed by atoms with Crippen LogP contribution in [0.15, 0.2) is 33.9 Å². The molecular weight excluding hydrogens is 316 g/mol. The third kappa shape index (κ3) is 5.59. The molecule has 23 heavy (non-hydrogen) atoms. The van der Waals surface area contributed by atoms with E-state index in [-0.39, 0.29) is 24.3 Å². The number of carbonyl (C=O) groups excluding carboxylic acids is 2. The Bertz CT molecular complexity index is 638. The van der Waals surface area contributed by atoms with Gasteiger partial charge in [-0.05, 0) is 25.5 Å². The number of amides is 1. The van der Waals surface area contributed by atoms with Gasteiger partial charge in [0.1, 0.15) is 11.3 Å². The first-order chi connectivity index (χ1) is 11.1. The van der Waals surface area contributed by atoms with Crippen molar-refractivity contribution < 1.29 is 18.7 Å². The maximum absolute atomic E-state index is 11.7. The monoisotopic (exact) mass is 336 g/mol. The average molecular weight is 336 g/mol. The lowest BCUT2D eigenvalue weighted by molar-refractivity contribution is -0.146. The molecule has 0 radical (unpaired) electrons. The molecule has 0 saturated heterocycles. The summed E-state index contributed by atoms with van der Waals surface area (Å²) in [5.74, 6) is -0.716. The molecule has 0 bridgehead atoms. The van der Waals surface area contributed by atoms with E-state index in [1.165, 1.54) is 0 Å². The fourth-order valence-corrected chi connectivity index (χ4v) is 2.68. The van der Waals surface area contributed by atoms with Gasteiger partial charge < -0.3 is 14.5 Å². The first kappa shape index (κ1) is 17.3. The lowest BCUT2D eigenvalue weighted by Gasteiger charge is -2.12. The number of oxazole rings is 1. The smallest absolute Gasteiger partial charge is 0.316 e. The van der Waals surface area contributed by atoms with E-state index in [0.29, 0.717) is 10.8 Å². The fourth-order valence-electron chi connectivity index (χ4n) is 2.04. The SMILES string of the molecule is CCC[C@@H](C)NC(=O)COC(=O)CSc1nc2ccccc2o1. The van der Waals surface area contributed by atoms with Crippen molar-refractivity contribution in [3.63, 3.8) is 0 Å². The Morgan fingerprint density at radius 3 is 2.91 bits per heavy atom. The standard InChI is InChI=1S/C16H20N2O4S/c1-3-6-11(2)17-14(19)9-21-15(20)10-23-16-18-12-7-4-5-8-13(12)22-16/h4-5,7-8,11H,3,6,9-10H2,1-2H3,(H,17,19)/t11-/m1/s1. The average Bonchev–Trinajstić information content (AvgIpc) is 2.94. The summed E-state index contributed by atoms with van der Waals surface area (Å²) in [6, 6.07) is 7.45. The number of hydrogen-bond acceptors (Lipinski definition) is 6. The highest BCUT2D eigenvalue weighted by Crippen LogP contribution is 2.22. The number of benzene rings is 1. The number of rotatable bonds is 8. The zero-order valence-electron chi connectivity index (χ0n) is 13.2. The predicted molar refractivity (Wildman–Crippen MR) is 88.2 cm³/mol. The third-order valence-electron chi connectivity index (χ3n) is 3.08. The Hall–Kier alpha value is -2.02. The highest BCUT2D eigenvalue weighted by molar-refractivity contribution is 7.99. The predicted octanol–water partition coefficient (Wildman–Crippen LogP) is 2.77. The van der Waals surface area contributed by atoms with Crippen LogP contribution in [0.4, 0.5) is 0 Å². The molecule has 0 unspecified atom stereocenters. The zero-order chi connectivity index (χ0) is 16.7. The number of fused-ring (bicyclic) bond motifs is 1. The van der Waals surface area contributed by atoms with E-state index >= 15 is 0 Å². The van der Waals surface area contributed by atoms with Gasteiger partial charge in [-0.25, -0.2) is 4.98 Å². The van der Waals surface area contributed by atoms with E-state index in [0.717, 1.165) is 30.1 Å². The highest BCUT2D eigenvalue weighted by atomic mass is 32.2. The van der Waals surface area contributed by atoms with Gasteiger partial charge in [0.25, 0.3) is 11.1 Å². The molecule has 0 fully saturated rings. The maximum Gasteiger partial charge on any atom is 0.316 e. The van der Waals surface area contributed by atoms with Gasteiger partial charge in [0, 0.05) is 6.04 Å². The molecule has 1 aromatic carbocycles. The Morgan fingerprint density at radius 2 is 2.17 bits per heavy atom. The van der Waals surface area contributed by atoms with Crippen LogP contribution in [0, 0.1) is 0 Å². The molecule has 1 amide bonds. The van der Waals surface area contributed by atoms with Crippen molar-refractivity contribution in [2.75, 3.05) is 12.4 Å². The molecule has 0 saturated carbocycles. The van der Waals surface area contributed by atoms with Crippen LogP contribution in [0.2, 0.25) is 0 Å². The molecule has 0 aliphatic carbocycles. The molecule has 1 atom stereocenters. The quantitative estimate of drug-likeness (QED) is 0.590. The molecule has 1 aromatic heterocycles. The van der Waals surface area contributed by atoms with Gasteiger partial charge in [-0.2, -0.15) is 0 Å². The number of nitrogens with one attached hydrogen (secondary N) is 1.